The average Bonchev–Trinajstić information content (AvgIpc) is 2.28. The van der Waals surface area contributed by atoms with E-state index in [1.807, 2.05) is 0 Å². The lowest BCUT2D eigenvalue weighted by atomic mass is 9.89. The van der Waals surface area contributed by atoms with E-state index in [4.69, 9.17) is 25.4 Å². The molecular weight excluding hydrogens is 285 g/mol. The van der Waals surface area contributed by atoms with Gasteiger partial charge in [-0.05, 0) is 0 Å². The van der Waals surface area contributed by atoms with Crippen LogP contribution in [0.15, 0.2) is 0 Å². The fraction of sp³-hybridized carbons (Fsp3) is 0.875. The summed E-state index contributed by atoms with van der Waals surface area (Å²) in [5.74, 6) is -3.67. The van der Waals surface area contributed by atoms with Crippen molar-refractivity contribution in [1.29, 1.82) is 0 Å². The Hall–Kier alpha value is -0.420. The summed E-state index contributed by atoms with van der Waals surface area (Å²) in [7, 11) is -5.17. The molecule has 0 saturated carbocycles. The van der Waals surface area contributed by atoms with Crippen LogP contribution < -0.4 is 5.73 Å². The smallest absolute Gasteiger partial charge is 0.394 e. The summed E-state index contributed by atoms with van der Waals surface area (Å²) in [6.07, 6.45) is -4.89. The van der Waals surface area contributed by atoms with Gasteiger partial charge in [0.1, 0.15) is 18.3 Å². The number of hydrogen-bond acceptors (Lipinski definition) is 8. The molecule has 0 radical (unpaired) electrons. The number of ketones is 1. The van der Waals surface area contributed by atoms with Crippen molar-refractivity contribution < 1.29 is 43.7 Å². The summed E-state index contributed by atoms with van der Waals surface area (Å²) in [6.45, 7) is 0.0683. The molecule has 19 heavy (non-hydrogen) atoms. The number of carbonyl (C=O) groups is 1. The second-order valence-electron chi connectivity index (χ2n) is 4.15. The fourth-order valence-corrected chi connectivity index (χ4v) is 2.46. The van der Waals surface area contributed by atoms with Gasteiger partial charge >= 0.3 is 7.82 Å². The van der Waals surface area contributed by atoms with Gasteiger partial charge in [0.25, 0.3) is 5.79 Å². The lowest BCUT2D eigenvalue weighted by Crippen LogP contribution is -2.71. The fourth-order valence-electron chi connectivity index (χ4n) is 1.82. The molecule has 5 atom stereocenters. The van der Waals surface area contributed by atoms with Crippen molar-refractivity contribution in [2.45, 2.75) is 37.1 Å². The minimum absolute atomic E-state index is 0.815. The molecule has 0 amide bonds. The van der Waals surface area contributed by atoms with Crippen molar-refractivity contribution >= 4 is 13.6 Å². The number of aliphatic hydroxyl groups is 3. The van der Waals surface area contributed by atoms with Gasteiger partial charge in [-0.15, -0.1) is 0 Å². The molecule has 1 rings (SSSR count). The Morgan fingerprint density at radius 3 is 2.32 bits per heavy atom. The molecule has 1 aliphatic heterocycles. The zero-order valence-electron chi connectivity index (χ0n) is 9.91. The summed E-state index contributed by atoms with van der Waals surface area (Å²) >= 11 is 0. The van der Waals surface area contributed by atoms with Crippen LogP contribution in [0.4, 0.5) is 0 Å². The van der Waals surface area contributed by atoms with E-state index in [-0.39, 0.29) is 0 Å². The highest BCUT2D eigenvalue weighted by Gasteiger charge is 2.59. The van der Waals surface area contributed by atoms with Crippen LogP contribution in [0, 0.1) is 0 Å². The monoisotopic (exact) mass is 301 g/mol. The predicted molar refractivity (Wildman–Crippen MR) is 58.5 cm³/mol. The van der Waals surface area contributed by atoms with E-state index < -0.39 is 50.4 Å². The summed E-state index contributed by atoms with van der Waals surface area (Å²) < 4.78 is 20.1. The van der Waals surface area contributed by atoms with Crippen molar-refractivity contribution in [2.24, 2.45) is 5.73 Å². The van der Waals surface area contributed by atoms with Crippen LogP contribution in [0.5, 0.6) is 0 Å². The number of Topliss-reactive ketones (excluding diaryl/α,β-unsaturated/α-hetero) is 1. The molecular formula is C8H16NO9P. The van der Waals surface area contributed by atoms with Crippen molar-refractivity contribution in [3.05, 3.63) is 0 Å². The lowest BCUT2D eigenvalue weighted by molar-refractivity contribution is -0.289. The van der Waals surface area contributed by atoms with E-state index in [0.717, 1.165) is 6.92 Å². The zero-order chi connectivity index (χ0) is 15.0. The maximum absolute atomic E-state index is 11.6. The maximum atomic E-state index is 11.6. The summed E-state index contributed by atoms with van der Waals surface area (Å²) in [4.78, 5) is 29.2. The molecule has 0 aliphatic carbocycles. The van der Waals surface area contributed by atoms with Gasteiger partial charge in [-0.1, -0.05) is 0 Å². The number of carbonyl (C=O) groups excluding carboxylic acids is 1. The van der Waals surface area contributed by atoms with Crippen LogP contribution in [0.3, 0.4) is 0 Å². The SMILES string of the molecule is CC(=O)[C@]1(OP(=O)(O)O)O[C@H](CO)[C@@H](O)[C@H](O)[C@H]1N. The van der Waals surface area contributed by atoms with Crippen molar-refractivity contribution in [3.8, 4) is 0 Å². The number of hydrogen-bond donors (Lipinski definition) is 6. The Labute approximate surface area is 108 Å². The first-order chi connectivity index (χ1) is 8.55. The van der Waals surface area contributed by atoms with Crippen LogP contribution in [0.1, 0.15) is 6.92 Å². The Morgan fingerprint density at radius 1 is 1.42 bits per heavy atom. The van der Waals surface area contributed by atoms with Gasteiger partial charge in [0.05, 0.1) is 12.6 Å². The molecule has 0 aromatic rings. The van der Waals surface area contributed by atoms with E-state index >= 15 is 0 Å². The number of rotatable bonds is 4. The van der Waals surface area contributed by atoms with E-state index in [2.05, 4.69) is 4.52 Å². The van der Waals surface area contributed by atoms with Gasteiger partial charge in [-0.2, -0.15) is 0 Å². The van der Waals surface area contributed by atoms with Gasteiger partial charge in [0.2, 0.25) is 0 Å². The van der Waals surface area contributed by atoms with E-state index in [1.165, 1.54) is 0 Å². The quantitative estimate of drug-likeness (QED) is 0.290. The third-order valence-corrected chi connectivity index (χ3v) is 3.30. The van der Waals surface area contributed by atoms with Crippen molar-refractivity contribution in [3.63, 3.8) is 0 Å². The molecule has 0 aromatic heterocycles. The molecule has 11 heteroatoms. The van der Waals surface area contributed by atoms with Crippen LogP contribution in [-0.2, 0) is 18.6 Å². The van der Waals surface area contributed by atoms with Crippen LogP contribution in [0.25, 0.3) is 0 Å². The van der Waals surface area contributed by atoms with Gasteiger partial charge in [0.15, 0.2) is 5.78 Å². The third kappa shape index (κ3) is 3.19. The molecule has 0 unspecified atom stereocenters. The van der Waals surface area contributed by atoms with Gasteiger partial charge in [0, 0.05) is 6.92 Å². The van der Waals surface area contributed by atoms with Crippen LogP contribution >= 0.6 is 7.82 Å². The highest BCUT2D eigenvalue weighted by Crippen LogP contribution is 2.45. The van der Waals surface area contributed by atoms with Gasteiger partial charge in [-0.3, -0.25) is 4.79 Å². The van der Waals surface area contributed by atoms with Crippen LogP contribution in [-0.4, -0.2) is 67.6 Å². The summed E-state index contributed by atoms with van der Waals surface area (Å²) in [5.41, 5.74) is 5.47. The molecule has 0 aromatic carbocycles. The first kappa shape index (κ1) is 16.6. The van der Waals surface area contributed by atoms with E-state index in [0.29, 0.717) is 0 Å². The first-order valence-electron chi connectivity index (χ1n) is 5.23. The molecule has 1 saturated heterocycles. The second-order valence-corrected chi connectivity index (χ2v) is 5.32. The maximum Gasteiger partial charge on any atom is 0.472 e. The highest BCUT2D eigenvalue weighted by atomic mass is 31.2. The molecule has 7 N–H and O–H groups in total. The predicted octanol–water partition coefficient (Wildman–Crippen LogP) is -3.18. The molecule has 1 aliphatic rings. The minimum atomic E-state index is -5.17. The van der Waals surface area contributed by atoms with Crippen LogP contribution in [0.2, 0.25) is 0 Å². The Bertz CT molecular complexity index is 396. The van der Waals surface area contributed by atoms with Gasteiger partial charge < -0.3 is 35.6 Å². The zero-order valence-corrected chi connectivity index (χ0v) is 10.8. The highest BCUT2D eigenvalue weighted by molar-refractivity contribution is 7.46. The molecule has 10 nitrogen and oxygen atoms in total. The Morgan fingerprint density at radius 2 is 1.95 bits per heavy atom. The number of aliphatic hydroxyl groups excluding tert-OH is 3. The standard InChI is InChI=1S/C8H16NO9P/c1-3(11)8(18-19(14,15)16)7(9)6(13)5(12)4(2-10)17-8/h4-7,10,12-13H,2,9H2,1H3,(H2,14,15,16)/t4-,5-,6+,7-,8-/m1/s1. The third-order valence-electron chi connectivity index (χ3n) is 2.79. The molecule has 0 bridgehead atoms. The topological polar surface area (TPSA) is 180 Å². The second kappa shape index (κ2) is 5.52. The molecule has 1 fully saturated rings. The number of phosphoric acid groups is 1. The number of phosphoric ester groups is 1. The lowest BCUT2D eigenvalue weighted by Gasteiger charge is -2.46. The summed E-state index contributed by atoms with van der Waals surface area (Å²) in [5, 5.41) is 28.2. The Balaban J connectivity index is 3.21. The summed E-state index contributed by atoms with van der Waals surface area (Å²) in [6, 6.07) is -1.74. The largest absolute Gasteiger partial charge is 0.472 e. The van der Waals surface area contributed by atoms with Crippen molar-refractivity contribution in [1.82, 2.24) is 0 Å². The van der Waals surface area contributed by atoms with Crippen molar-refractivity contribution in [2.75, 3.05) is 6.61 Å². The number of ether oxygens (including phenoxy) is 1. The Kier molecular flexibility index (Phi) is 4.84. The molecule has 112 valence electrons. The minimum Gasteiger partial charge on any atom is -0.394 e. The van der Waals surface area contributed by atoms with E-state index in [1.54, 1.807) is 0 Å². The van der Waals surface area contributed by atoms with E-state index in [9.17, 15) is 19.6 Å². The average molecular weight is 301 g/mol. The van der Waals surface area contributed by atoms with Gasteiger partial charge in [-0.25, -0.2) is 9.09 Å². The normalized spacial score (nSPS) is 40.2. The number of nitrogens with two attached hydrogens (primary N) is 1. The first-order valence-corrected chi connectivity index (χ1v) is 6.76. The molecule has 0 spiro atoms. The molecule has 1 heterocycles.